The molecule has 0 unspecified atom stereocenters. The van der Waals surface area contributed by atoms with E-state index in [4.69, 9.17) is 0 Å². The van der Waals surface area contributed by atoms with Gasteiger partial charge in [-0.15, -0.1) is 0 Å². The zero-order valence-electron chi connectivity index (χ0n) is 9.12. The van der Waals surface area contributed by atoms with Crippen molar-refractivity contribution < 1.29 is 31.8 Å². The predicted octanol–water partition coefficient (Wildman–Crippen LogP) is 2.98. The number of halogens is 4. The molecule has 0 amide bonds. The molecule has 7 heteroatoms. The highest BCUT2D eigenvalue weighted by Gasteiger charge is 2.44. The summed E-state index contributed by atoms with van der Waals surface area (Å²) in [5, 5.41) is 0. The Kier molecular flexibility index (Phi) is 4.30. The van der Waals surface area contributed by atoms with E-state index >= 15 is 0 Å². The van der Waals surface area contributed by atoms with Crippen LogP contribution in [-0.4, -0.2) is 19.3 Å². The molecule has 0 aliphatic rings. The lowest BCUT2D eigenvalue weighted by atomic mass is 10.3. The average Bonchev–Trinajstić information content (AvgIpc) is 2.28. The largest absolute Gasteiger partial charge is 0.465 e. The molecule has 1 aromatic carbocycles. The fourth-order valence-corrected chi connectivity index (χ4v) is 1.05. The Labute approximate surface area is 99.6 Å². The zero-order valence-corrected chi connectivity index (χ0v) is 9.12. The van der Waals surface area contributed by atoms with Crippen LogP contribution in [0.3, 0.4) is 0 Å². The van der Waals surface area contributed by atoms with E-state index in [1.165, 1.54) is 24.3 Å². The number of hydrogen-bond acceptors (Lipinski definition) is 3. The van der Waals surface area contributed by atoms with Gasteiger partial charge in [-0.05, 0) is 12.1 Å². The summed E-state index contributed by atoms with van der Waals surface area (Å²) in [6, 6.07) is 4.87. The molecule has 1 aromatic rings. The standard InChI is InChI=1S/C11H8F4O3/c1-17-10(16)8(11(13,14)15)9(12)18-7-5-3-2-4-6-7/h2-6H,1H3/b9-8+. The number of ether oxygens (including phenoxy) is 2. The van der Waals surface area contributed by atoms with Crippen molar-refractivity contribution in [2.45, 2.75) is 6.18 Å². The van der Waals surface area contributed by atoms with Crippen LogP contribution in [0.25, 0.3) is 0 Å². The van der Waals surface area contributed by atoms with Crippen LogP contribution >= 0.6 is 0 Å². The van der Waals surface area contributed by atoms with Crippen LogP contribution in [0.4, 0.5) is 17.6 Å². The van der Waals surface area contributed by atoms with E-state index in [9.17, 15) is 22.4 Å². The molecule has 0 N–H and O–H groups in total. The molecule has 98 valence electrons. The van der Waals surface area contributed by atoms with Crippen molar-refractivity contribution in [1.82, 2.24) is 0 Å². The van der Waals surface area contributed by atoms with Gasteiger partial charge in [-0.3, -0.25) is 0 Å². The van der Waals surface area contributed by atoms with Crippen LogP contribution in [0.1, 0.15) is 0 Å². The molecule has 0 fully saturated rings. The third kappa shape index (κ3) is 3.47. The highest BCUT2D eigenvalue weighted by Crippen LogP contribution is 2.30. The van der Waals surface area contributed by atoms with Crippen LogP contribution < -0.4 is 4.74 Å². The number of carbonyl (C=O) groups excluding carboxylic acids is 1. The van der Waals surface area contributed by atoms with Crippen molar-refractivity contribution in [3.63, 3.8) is 0 Å². The van der Waals surface area contributed by atoms with Gasteiger partial charge >= 0.3 is 12.1 Å². The van der Waals surface area contributed by atoms with Gasteiger partial charge in [0.05, 0.1) is 7.11 Å². The Bertz CT molecular complexity index is 451. The number of rotatable bonds is 3. The number of alkyl halides is 3. The number of carbonyl (C=O) groups is 1. The Morgan fingerprint density at radius 1 is 1.17 bits per heavy atom. The molecule has 3 nitrogen and oxygen atoms in total. The smallest absolute Gasteiger partial charge is 0.429 e. The highest BCUT2D eigenvalue weighted by atomic mass is 19.4. The Morgan fingerprint density at radius 2 is 1.72 bits per heavy atom. The molecule has 0 saturated heterocycles. The van der Waals surface area contributed by atoms with Crippen molar-refractivity contribution in [2.75, 3.05) is 7.11 Å². The predicted molar refractivity (Wildman–Crippen MR) is 53.3 cm³/mol. The molecule has 0 bridgehead atoms. The molecule has 0 radical (unpaired) electrons. The lowest BCUT2D eigenvalue weighted by Crippen LogP contribution is -2.24. The number of para-hydroxylation sites is 1. The van der Waals surface area contributed by atoms with Gasteiger partial charge in [-0.25, -0.2) is 4.79 Å². The summed E-state index contributed by atoms with van der Waals surface area (Å²) in [6.07, 6.45) is -5.20. The molecule has 0 atom stereocenters. The van der Waals surface area contributed by atoms with Crippen molar-refractivity contribution in [3.05, 3.63) is 41.9 Å². The average molecular weight is 264 g/mol. The second-order valence-electron chi connectivity index (χ2n) is 3.05. The summed E-state index contributed by atoms with van der Waals surface area (Å²) in [4.78, 5) is 10.9. The van der Waals surface area contributed by atoms with E-state index in [2.05, 4.69) is 9.47 Å². The number of benzene rings is 1. The number of hydrogen-bond donors (Lipinski definition) is 0. The van der Waals surface area contributed by atoms with Gasteiger partial charge < -0.3 is 9.47 Å². The molecular weight excluding hydrogens is 256 g/mol. The van der Waals surface area contributed by atoms with E-state index in [0.29, 0.717) is 7.11 Å². The van der Waals surface area contributed by atoms with Crippen molar-refractivity contribution in [1.29, 1.82) is 0 Å². The number of methoxy groups -OCH3 is 1. The fourth-order valence-electron chi connectivity index (χ4n) is 1.05. The molecule has 18 heavy (non-hydrogen) atoms. The summed E-state index contributed by atoms with van der Waals surface area (Å²) in [6.45, 7) is 0. The van der Waals surface area contributed by atoms with E-state index in [1.54, 1.807) is 6.07 Å². The summed E-state index contributed by atoms with van der Waals surface area (Å²) >= 11 is 0. The Morgan fingerprint density at radius 3 is 2.17 bits per heavy atom. The minimum Gasteiger partial charge on any atom is -0.465 e. The molecule has 0 aliphatic carbocycles. The van der Waals surface area contributed by atoms with Crippen LogP contribution in [0.5, 0.6) is 5.75 Å². The van der Waals surface area contributed by atoms with Crippen LogP contribution in [0.15, 0.2) is 41.9 Å². The number of esters is 1. The van der Waals surface area contributed by atoms with E-state index in [0.717, 1.165) is 0 Å². The first-order valence-electron chi connectivity index (χ1n) is 4.64. The fraction of sp³-hybridized carbons (Fsp3) is 0.182. The molecule has 0 aromatic heterocycles. The molecule has 0 spiro atoms. The molecular formula is C11H8F4O3. The van der Waals surface area contributed by atoms with Gasteiger partial charge in [0, 0.05) is 0 Å². The van der Waals surface area contributed by atoms with Crippen LogP contribution in [-0.2, 0) is 9.53 Å². The summed E-state index contributed by atoms with van der Waals surface area (Å²) < 4.78 is 58.8. The van der Waals surface area contributed by atoms with Gasteiger partial charge in [0.1, 0.15) is 5.75 Å². The van der Waals surface area contributed by atoms with Crippen LogP contribution in [0, 0.1) is 0 Å². The second-order valence-corrected chi connectivity index (χ2v) is 3.05. The summed E-state index contributed by atoms with van der Waals surface area (Å²) in [5.41, 5.74) is -2.12. The Hall–Kier alpha value is -2.05. The third-order valence-corrected chi connectivity index (χ3v) is 1.82. The van der Waals surface area contributed by atoms with E-state index in [-0.39, 0.29) is 5.75 Å². The lowest BCUT2D eigenvalue weighted by Gasteiger charge is -2.11. The second kappa shape index (κ2) is 5.52. The zero-order chi connectivity index (χ0) is 13.8. The maximum Gasteiger partial charge on any atom is 0.429 e. The van der Waals surface area contributed by atoms with Crippen molar-refractivity contribution in [2.24, 2.45) is 0 Å². The van der Waals surface area contributed by atoms with Gasteiger partial charge in [0.2, 0.25) is 5.57 Å². The monoisotopic (exact) mass is 264 g/mol. The Balaban J connectivity index is 3.09. The third-order valence-electron chi connectivity index (χ3n) is 1.82. The minimum absolute atomic E-state index is 0.166. The van der Waals surface area contributed by atoms with E-state index < -0.39 is 23.7 Å². The molecule has 1 rings (SSSR count). The topological polar surface area (TPSA) is 35.5 Å². The quantitative estimate of drug-likeness (QED) is 0.364. The maximum atomic E-state index is 13.3. The van der Waals surface area contributed by atoms with Crippen molar-refractivity contribution >= 4 is 5.97 Å². The van der Waals surface area contributed by atoms with Crippen LogP contribution in [0.2, 0.25) is 0 Å². The van der Waals surface area contributed by atoms with Gasteiger partial charge in [-0.1, -0.05) is 18.2 Å². The van der Waals surface area contributed by atoms with Gasteiger partial charge in [0.25, 0.3) is 6.01 Å². The lowest BCUT2D eigenvalue weighted by molar-refractivity contribution is -0.149. The molecule has 0 saturated carbocycles. The van der Waals surface area contributed by atoms with Gasteiger partial charge in [0.15, 0.2) is 0 Å². The minimum atomic E-state index is -5.20. The van der Waals surface area contributed by atoms with Crippen molar-refractivity contribution in [3.8, 4) is 5.75 Å². The van der Waals surface area contributed by atoms with Gasteiger partial charge in [-0.2, -0.15) is 17.6 Å². The summed E-state index contributed by atoms with van der Waals surface area (Å²) in [5.74, 6) is -2.02. The highest BCUT2D eigenvalue weighted by molar-refractivity contribution is 5.90. The van der Waals surface area contributed by atoms with E-state index in [1.807, 2.05) is 0 Å². The first-order valence-corrected chi connectivity index (χ1v) is 4.64. The first kappa shape index (κ1) is 14.0. The molecule has 0 heterocycles. The SMILES string of the molecule is COC(=O)/C(=C(/F)Oc1ccccc1)C(F)(F)F. The first-order chi connectivity index (χ1) is 8.36. The summed E-state index contributed by atoms with van der Waals surface area (Å²) in [7, 11) is 0.712. The maximum absolute atomic E-state index is 13.3. The normalized spacial score (nSPS) is 12.7. The molecule has 0 aliphatic heterocycles.